The zero-order valence-corrected chi connectivity index (χ0v) is 20.8. The minimum atomic E-state index is -2.94. The van der Waals surface area contributed by atoms with Gasteiger partial charge in [-0.2, -0.15) is 13.9 Å². The summed E-state index contributed by atoms with van der Waals surface area (Å²) < 4.78 is 36.4. The summed E-state index contributed by atoms with van der Waals surface area (Å²) >= 11 is 0. The first kappa shape index (κ1) is 26.4. The van der Waals surface area contributed by atoms with Gasteiger partial charge in [0.15, 0.2) is 11.5 Å². The number of halogens is 2. The van der Waals surface area contributed by atoms with Gasteiger partial charge >= 0.3 is 6.61 Å². The van der Waals surface area contributed by atoms with Crippen molar-refractivity contribution < 1.29 is 27.8 Å². The minimum Gasteiger partial charge on any atom is -0.487 e. The van der Waals surface area contributed by atoms with Gasteiger partial charge in [0.05, 0.1) is 12.3 Å². The van der Waals surface area contributed by atoms with Crippen molar-refractivity contribution in [1.82, 2.24) is 5.01 Å². The highest BCUT2D eigenvalue weighted by atomic mass is 19.3. The molecule has 2 aromatic rings. The molecule has 0 bridgehead atoms. The van der Waals surface area contributed by atoms with Gasteiger partial charge in [0, 0.05) is 24.8 Å². The maximum absolute atomic E-state index is 13.0. The summed E-state index contributed by atoms with van der Waals surface area (Å²) in [5.41, 5.74) is 1.93. The molecule has 2 aliphatic rings. The normalized spacial score (nSPS) is 18.3. The molecule has 1 aliphatic heterocycles. The molecule has 1 saturated heterocycles. The lowest BCUT2D eigenvalue weighted by Crippen LogP contribution is -2.44. The monoisotopic (exact) mass is 514 g/mol. The van der Waals surface area contributed by atoms with E-state index in [0.717, 1.165) is 38.5 Å². The van der Waals surface area contributed by atoms with Crippen LogP contribution in [0.1, 0.15) is 57.4 Å². The number of piperidine rings is 1. The number of carbonyl (C=O) groups excluding carboxylic acids is 2. The molecule has 8 nitrogen and oxygen atoms in total. The van der Waals surface area contributed by atoms with Crippen LogP contribution in [-0.4, -0.2) is 48.3 Å². The van der Waals surface area contributed by atoms with Gasteiger partial charge in [-0.15, -0.1) is 0 Å². The molecule has 10 heteroatoms. The number of rotatable bonds is 9. The third-order valence-electron chi connectivity index (χ3n) is 6.38. The SMILES string of the molecule is CC(=O)Nc1ccc(NC(=O)C2CCCCN2/N=C/c2ccc(OC(F)F)c(OC3CCCC3)c2)cc1. The first-order valence-electron chi connectivity index (χ1n) is 12.6. The number of hydrogen-bond donors (Lipinski definition) is 2. The molecule has 0 aromatic heterocycles. The van der Waals surface area contributed by atoms with Crippen molar-refractivity contribution in [3.8, 4) is 11.5 Å². The molecule has 2 N–H and O–H groups in total. The van der Waals surface area contributed by atoms with Gasteiger partial charge < -0.3 is 20.1 Å². The van der Waals surface area contributed by atoms with E-state index in [4.69, 9.17) is 4.74 Å². The fourth-order valence-electron chi connectivity index (χ4n) is 4.60. The second kappa shape index (κ2) is 12.5. The van der Waals surface area contributed by atoms with E-state index in [1.165, 1.54) is 13.0 Å². The highest BCUT2D eigenvalue weighted by Gasteiger charge is 2.28. The number of hydrazone groups is 1. The van der Waals surface area contributed by atoms with Gasteiger partial charge in [0.2, 0.25) is 11.8 Å². The molecular formula is C27H32F2N4O4. The van der Waals surface area contributed by atoms with Crippen LogP contribution in [0.2, 0.25) is 0 Å². The maximum atomic E-state index is 13.0. The second-order valence-corrected chi connectivity index (χ2v) is 9.28. The lowest BCUT2D eigenvalue weighted by Gasteiger charge is -2.32. The summed E-state index contributed by atoms with van der Waals surface area (Å²) in [4.78, 5) is 24.2. The molecule has 37 heavy (non-hydrogen) atoms. The van der Waals surface area contributed by atoms with Gasteiger partial charge in [-0.05, 0) is 93.0 Å². The molecule has 0 spiro atoms. The summed E-state index contributed by atoms with van der Waals surface area (Å²) in [5.74, 6) is -0.0680. The highest BCUT2D eigenvalue weighted by molar-refractivity contribution is 5.95. The van der Waals surface area contributed by atoms with E-state index < -0.39 is 12.7 Å². The van der Waals surface area contributed by atoms with Crippen molar-refractivity contribution in [3.05, 3.63) is 48.0 Å². The minimum absolute atomic E-state index is 0.00111. The average molecular weight is 515 g/mol. The molecule has 2 amide bonds. The molecule has 1 heterocycles. The standard InChI is InChI=1S/C27H32F2N4O4/c1-18(34)31-20-10-12-21(13-11-20)32-26(35)23-8-4-5-15-33(23)30-17-19-9-14-24(37-27(28)29)25(16-19)36-22-6-2-3-7-22/h9-14,16-17,22-23,27H,2-8,15H2,1H3,(H,31,34)(H,32,35)/b30-17+. The van der Waals surface area contributed by atoms with Crippen LogP contribution < -0.4 is 20.1 Å². The fraction of sp³-hybridized carbons (Fsp3) is 0.444. The molecule has 1 unspecified atom stereocenters. The van der Waals surface area contributed by atoms with Crippen molar-refractivity contribution in [2.24, 2.45) is 5.10 Å². The predicted molar refractivity (Wildman–Crippen MR) is 137 cm³/mol. The van der Waals surface area contributed by atoms with Crippen molar-refractivity contribution in [3.63, 3.8) is 0 Å². The van der Waals surface area contributed by atoms with Crippen molar-refractivity contribution in [2.75, 3.05) is 17.2 Å². The third-order valence-corrected chi connectivity index (χ3v) is 6.38. The van der Waals surface area contributed by atoms with Crippen LogP contribution in [-0.2, 0) is 9.59 Å². The number of hydrogen-bond acceptors (Lipinski definition) is 6. The number of ether oxygens (including phenoxy) is 2. The van der Waals surface area contributed by atoms with Gasteiger partial charge in [-0.1, -0.05) is 0 Å². The van der Waals surface area contributed by atoms with Crippen LogP contribution >= 0.6 is 0 Å². The number of anilines is 2. The van der Waals surface area contributed by atoms with Gasteiger partial charge in [0.25, 0.3) is 0 Å². The van der Waals surface area contributed by atoms with E-state index in [0.29, 0.717) is 29.9 Å². The van der Waals surface area contributed by atoms with Gasteiger partial charge in [-0.25, -0.2) is 0 Å². The van der Waals surface area contributed by atoms with Crippen molar-refractivity contribution >= 4 is 29.4 Å². The lowest BCUT2D eigenvalue weighted by molar-refractivity contribution is -0.122. The first-order chi connectivity index (χ1) is 17.9. The Labute approximate surface area is 215 Å². The van der Waals surface area contributed by atoms with E-state index in [-0.39, 0.29) is 29.4 Å². The molecule has 1 saturated carbocycles. The molecule has 2 fully saturated rings. The van der Waals surface area contributed by atoms with Crippen LogP contribution in [0.25, 0.3) is 0 Å². The Morgan fingerprint density at radius 3 is 2.32 bits per heavy atom. The molecule has 4 rings (SSSR count). The number of alkyl halides is 2. The van der Waals surface area contributed by atoms with Crippen LogP contribution in [0.3, 0.4) is 0 Å². The molecule has 198 valence electrons. The number of amides is 2. The summed E-state index contributed by atoms with van der Waals surface area (Å²) in [7, 11) is 0. The molecule has 1 atom stereocenters. The molecule has 1 aliphatic carbocycles. The summed E-state index contributed by atoms with van der Waals surface area (Å²) in [6, 6.07) is 11.2. The summed E-state index contributed by atoms with van der Waals surface area (Å²) in [5, 5.41) is 11.9. The quantitative estimate of drug-likeness (QED) is 0.438. The lowest BCUT2D eigenvalue weighted by atomic mass is 10.0. The molecular weight excluding hydrogens is 482 g/mol. The largest absolute Gasteiger partial charge is 0.487 e. The van der Waals surface area contributed by atoms with Crippen LogP contribution in [0.15, 0.2) is 47.6 Å². The zero-order valence-electron chi connectivity index (χ0n) is 20.8. The predicted octanol–water partition coefficient (Wildman–Crippen LogP) is 5.39. The summed E-state index contributed by atoms with van der Waals surface area (Å²) in [6.45, 7) is -0.892. The highest BCUT2D eigenvalue weighted by Crippen LogP contribution is 2.33. The topological polar surface area (TPSA) is 92.3 Å². The first-order valence-corrected chi connectivity index (χ1v) is 12.6. The fourth-order valence-corrected chi connectivity index (χ4v) is 4.60. The van der Waals surface area contributed by atoms with Gasteiger partial charge in [-0.3, -0.25) is 14.6 Å². The molecule has 2 aromatic carbocycles. The Morgan fingerprint density at radius 1 is 0.973 bits per heavy atom. The summed E-state index contributed by atoms with van der Waals surface area (Å²) in [6.07, 6.45) is 7.93. The van der Waals surface area contributed by atoms with Gasteiger partial charge in [0.1, 0.15) is 6.04 Å². The number of carbonyl (C=O) groups is 2. The Morgan fingerprint density at radius 2 is 1.65 bits per heavy atom. The van der Waals surface area contributed by atoms with Crippen LogP contribution in [0, 0.1) is 0 Å². The Balaban J connectivity index is 1.44. The maximum Gasteiger partial charge on any atom is 0.387 e. The van der Waals surface area contributed by atoms with E-state index >= 15 is 0 Å². The van der Waals surface area contributed by atoms with E-state index in [9.17, 15) is 18.4 Å². The average Bonchev–Trinajstić information content (AvgIpc) is 3.38. The number of nitrogens with one attached hydrogen (secondary N) is 2. The van der Waals surface area contributed by atoms with E-state index in [1.807, 2.05) is 0 Å². The third kappa shape index (κ3) is 7.65. The smallest absolute Gasteiger partial charge is 0.387 e. The Hall–Kier alpha value is -3.69. The zero-order chi connectivity index (χ0) is 26.2. The Bertz CT molecular complexity index is 1100. The second-order valence-electron chi connectivity index (χ2n) is 9.28. The van der Waals surface area contributed by atoms with Crippen LogP contribution in [0.4, 0.5) is 20.2 Å². The van der Waals surface area contributed by atoms with Crippen LogP contribution in [0.5, 0.6) is 11.5 Å². The van der Waals surface area contributed by atoms with E-state index in [2.05, 4.69) is 20.5 Å². The molecule has 0 radical (unpaired) electrons. The van der Waals surface area contributed by atoms with Crippen molar-refractivity contribution in [1.29, 1.82) is 0 Å². The van der Waals surface area contributed by atoms with Crippen molar-refractivity contribution in [2.45, 2.75) is 70.6 Å². The van der Waals surface area contributed by atoms with E-state index in [1.54, 1.807) is 47.6 Å². The number of nitrogens with zero attached hydrogens (tertiary/aromatic N) is 2. The number of benzene rings is 2. The Kier molecular flexibility index (Phi) is 8.92.